The standard InChI is InChI=1S/C17H15Cl2N5O3/c1-9-5-14(21-16(25)15-12(17(26)27)7-20-23(15)2)22-24(9)8-10-3-4-11(18)6-13(10)19/h3-7H,8H2,1-2H3,(H,26,27)(H,21,22,25). The number of carbonyl (C=O) groups is 2. The van der Waals surface area contributed by atoms with Crippen LogP contribution in [0.1, 0.15) is 32.1 Å². The molecule has 2 aromatic heterocycles. The highest BCUT2D eigenvalue weighted by atomic mass is 35.5. The van der Waals surface area contributed by atoms with Gasteiger partial charge in [0.15, 0.2) is 5.82 Å². The Balaban J connectivity index is 1.82. The molecule has 0 unspecified atom stereocenters. The molecule has 3 rings (SSSR count). The third kappa shape index (κ3) is 3.96. The van der Waals surface area contributed by atoms with Crippen molar-refractivity contribution in [3.05, 3.63) is 63.0 Å². The Hall–Kier alpha value is -2.84. The van der Waals surface area contributed by atoms with E-state index in [0.29, 0.717) is 22.4 Å². The molecular weight excluding hydrogens is 393 g/mol. The van der Waals surface area contributed by atoms with Crippen LogP contribution < -0.4 is 5.32 Å². The summed E-state index contributed by atoms with van der Waals surface area (Å²) in [6.07, 6.45) is 1.13. The number of carboxylic acid groups (broad SMARTS) is 1. The van der Waals surface area contributed by atoms with Gasteiger partial charge in [-0.3, -0.25) is 14.2 Å². The first kappa shape index (κ1) is 18.9. The van der Waals surface area contributed by atoms with Gasteiger partial charge in [-0.25, -0.2) is 4.79 Å². The monoisotopic (exact) mass is 407 g/mol. The molecule has 1 amide bonds. The summed E-state index contributed by atoms with van der Waals surface area (Å²) in [5.74, 6) is -1.55. The number of nitrogens with one attached hydrogen (secondary N) is 1. The molecule has 2 N–H and O–H groups in total. The smallest absolute Gasteiger partial charge is 0.339 e. The average molecular weight is 408 g/mol. The first-order valence-electron chi connectivity index (χ1n) is 7.81. The Morgan fingerprint density at radius 2 is 2.00 bits per heavy atom. The highest BCUT2D eigenvalue weighted by Gasteiger charge is 2.22. The fourth-order valence-electron chi connectivity index (χ4n) is 2.58. The first-order valence-corrected chi connectivity index (χ1v) is 8.57. The minimum atomic E-state index is -1.23. The maximum Gasteiger partial charge on any atom is 0.339 e. The number of hydrogen-bond donors (Lipinski definition) is 2. The van der Waals surface area contributed by atoms with E-state index in [1.165, 1.54) is 11.7 Å². The van der Waals surface area contributed by atoms with E-state index in [4.69, 9.17) is 23.2 Å². The number of aromatic carboxylic acids is 1. The zero-order chi connectivity index (χ0) is 19.7. The number of amides is 1. The molecule has 1 aromatic carbocycles. The molecule has 0 fully saturated rings. The number of aryl methyl sites for hydroxylation is 2. The van der Waals surface area contributed by atoms with E-state index in [9.17, 15) is 14.7 Å². The fraction of sp³-hybridized carbons (Fsp3) is 0.176. The zero-order valence-corrected chi connectivity index (χ0v) is 15.9. The van der Waals surface area contributed by atoms with Crippen LogP contribution in [0.2, 0.25) is 10.0 Å². The molecular formula is C17H15Cl2N5O3. The average Bonchev–Trinajstić information content (AvgIpc) is 3.13. The predicted molar refractivity (Wildman–Crippen MR) is 101 cm³/mol. The Morgan fingerprint density at radius 3 is 2.67 bits per heavy atom. The lowest BCUT2D eigenvalue weighted by atomic mass is 10.2. The molecule has 8 nitrogen and oxygen atoms in total. The third-order valence-corrected chi connectivity index (χ3v) is 4.53. The van der Waals surface area contributed by atoms with Gasteiger partial charge in [-0.15, -0.1) is 0 Å². The number of benzene rings is 1. The summed E-state index contributed by atoms with van der Waals surface area (Å²) in [6, 6.07) is 6.87. The van der Waals surface area contributed by atoms with Crippen molar-refractivity contribution in [2.24, 2.45) is 7.05 Å². The molecule has 27 heavy (non-hydrogen) atoms. The minimum Gasteiger partial charge on any atom is -0.478 e. The summed E-state index contributed by atoms with van der Waals surface area (Å²) in [4.78, 5) is 23.7. The van der Waals surface area contributed by atoms with Gasteiger partial charge in [0.2, 0.25) is 0 Å². The quantitative estimate of drug-likeness (QED) is 0.675. The van der Waals surface area contributed by atoms with Gasteiger partial charge in [-0.1, -0.05) is 29.3 Å². The van der Waals surface area contributed by atoms with Crippen LogP contribution in [0.25, 0.3) is 0 Å². The second kappa shape index (κ2) is 7.42. The van der Waals surface area contributed by atoms with E-state index in [1.54, 1.807) is 28.9 Å². The Bertz CT molecular complexity index is 1040. The molecule has 2 heterocycles. The summed E-state index contributed by atoms with van der Waals surface area (Å²) in [6.45, 7) is 2.23. The third-order valence-electron chi connectivity index (χ3n) is 3.94. The van der Waals surface area contributed by atoms with E-state index >= 15 is 0 Å². The predicted octanol–water partition coefficient (Wildman–Crippen LogP) is 3.23. The van der Waals surface area contributed by atoms with Gasteiger partial charge >= 0.3 is 5.97 Å². The molecule has 10 heteroatoms. The number of aromatic nitrogens is 4. The Kier molecular flexibility index (Phi) is 5.20. The number of carboxylic acids is 1. The second-order valence-electron chi connectivity index (χ2n) is 5.85. The van der Waals surface area contributed by atoms with Crippen molar-refractivity contribution >= 4 is 40.9 Å². The van der Waals surface area contributed by atoms with Crippen molar-refractivity contribution in [1.82, 2.24) is 19.6 Å². The molecule has 0 aliphatic heterocycles. The molecule has 0 atom stereocenters. The lowest BCUT2D eigenvalue weighted by molar-refractivity contribution is 0.0692. The Labute approximate surface area is 164 Å². The zero-order valence-electron chi connectivity index (χ0n) is 14.4. The van der Waals surface area contributed by atoms with Crippen molar-refractivity contribution < 1.29 is 14.7 Å². The topological polar surface area (TPSA) is 102 Å². The molecule has 0 bridgehead atoms. The lowest BCUT2D eigenvalue weighted by Crippen LogP contribution is -2.19. The number of carbonyl (C=O) groups excluding carboxylic acids is 1. The van der Waals surface area contributed by atoms with Crippen LogP contribution in [-0.2, 0) is 13.6 Å². The molecule has 0 saturated heterocycles. The molecule has 0 spiro atoms. The van der Waals surface area contributed by atoms with Gasteiger partial charge < -0.3 is 10.4 Å². The van der Waals surface area contributed by atoms with Gasteiger partial charge in [0, 0.05) is 28.9 Å². The summed E-state index contributed by atoms with van der Waals surface area (Å²) in [5.41, 5.74) is 1.37. The summed E-state index contributed by atoms with van der Waals surface area (Å²) < 4.78 is 2.88. The molecule has 0 aliphatic rings. The maximum absolute atomic E-state index is 12.5. The van der Waals surface area contributed by atoms with Gasteiger partial charge in [-0.05, 0) is 24.6 Å². The fourth-order valence-corrected chi connectivity index (χ4v) is 3.05. The van der Waals surface area contributed by atoms with Gasteiger partial charge in [0.05, 0.1) is 12.7 Å². The van der Waals surface area contributed by atoms with E-state index in [-0.39, 0.29) is 11.3 Å². The second-order valence-corrected chi connectivity index (χ2v) is 6.70. The minimum absolute atomic E-state index is 0.0598. The number of rotatable bonds is 5. The number of anilines is 1. The van der Waals surface area contributed by atoms with E-state index in [0.717, 1.165) is 17.5 Å². The van der Waals surface area contributed by atoms with Crippen LogP contribution in [0.4, 0.5) is 5.82 Å². The summed E-state index contributed by atoms with van der Waals surface area (Å²) in [7, 11) is 1.49. The van der Waals surface area contributed by atoms with Gasteiger partial charge in [0.25, 0.3) is 5.91 Å². The van der Waals surface area contributed by atoms with E-state index in [1.807, 2.05) is 6.92 Å². The molecule has 0 radical (unpaired) electrons. The highest BCUT2D eigenvalue weighted by molar-refractivity contribution is 6.35. The number of nitrogens with zero attached hydrogens (tertiary/aromatic N) is 4. The first-order chi connectivity index (χ1) is 12.8. The highest BCUT2D eigenvalue weighted by Crippen LogP contribution is 2.23. The van der Waals surface area contributed by atoms with Crippen molar-refractivity contribution in [2.45, 2.75) is 13.5 Å². The number of halogens is 2. The molecule has 0 saturated carbocycles. The Morgan fingerprint density at radius 1 is 1.26 bits per heavy atom. The van der Waals surface area contributed by atoms with Crippen molar-refractivity contribution in [2.75, 3.05) is 5.32 Å². The van der Waals surface area contributed by atoms with Crippen molar-refractivity contribution in [1.29, 1.82) is 0 Å². The summed E-state index contributed by atoms with van der Waals surface area (Å²) >= 11 is 12.1. The normalized spacial score (nSPS) is 10.8. The number of hydrogen-bond acceptors (Lipinski definition) is 4. The largest absolute Gasteiger partial charge is 0.478 e. The van der Waals surface area contributed by atoms with Crippen molar-refractivity contribution in [3.63, 3.8) is 0 Å². The van der Waals surface area contributed by atoms with Crippen LogP contribution in [-0.4, -0.2) is 36.5 Å². The maximum atomic E-state index is 12.5. The SMILES string of the molecule is Cc1cc(NC(=O)c2c(C(=O)O)cnn2C)nn1Cc1ccc(Cl)cc1Cl. The van der Waals surface area contributed by atoms with Crippen LogP contribution >= 0.6 is 23.2 Å². The lowest BCUT2D eigenvalue weighted by Gasteiger charge is -2.07. The summed E-state index contributed by atoms with van der Waals surface area (Å²) in [5, 5.41) is 21.0. The van der Waals surface area contributed by atoms with Crippen LogP contribution in [0.5, 0.6) is 0 Å². The molecule has 3 aromatic rings. The van der Waals surface area contributed by atoms with Crippen LogP contribution in [0.15, 0.2) is 30.5 Å². The van der Waals surface area contributed by atoms with E-state index in [2.05, 4.69) is 15.5 Å². The molecule has 0 aliphatic carbocycles. The van der Waals surface area contributed by atoms with Crippen LogP contribution in [0.3, 0.4) is 0 Å². The van der Waals surface area contributed by atoms with Crippen molar-refractivity contribution in [3.8, 4) is 0 Å². The molecule has 140 valence electrons. The van der Waals surface area contributed by atoms with Crippen LogP contribution in [0, 0.1) is 6.92 Å². The van der Waals surface area contributed by atoms with Gasteiger partial charge in [0.1, 0.15) is 11.3 Å². The van der Waals surface area contributed by atoms with Gasteiger partial charge in [-0.2, -0.15) is 10.2 Å². The van der Waals surface area contributed by atoms with E-state index < -0.39 is 11.9 Å².